The van der Waals surface area contributed by atoms with Crippen LogP contribution >= 0.6 is 0 Å². The van der Waals surface area contributed by atoms with Crippen LogP contribution in [0.3, 0.4) is 0 Å². The molecule has 0 fully saturated rings. The van der Waals surface area contributed by atoms with Crippen LogP contribution < -0.4 is 16.0 Å². The molecule has 2 aromatic rings. The van der Waals surface area contributed by atoms with Gasteiger partial charge in [-0.05, 0) is 43.2 Å². The highest BCUT2D eigenvalue weighted by molar-refractivity contribution is 5.90. The minimum atomic E-state index is -0.0725. The monoisotopic (exact) mass is 339 g/mol. The van der Waals surface area contributed by atoms with E-state index < -0.39 is 0 Å². The zero-order valence-corrected chi connectivity index (χ0v) is 14.7. The van der Waals surface area contributed by atoms with E-state index >= 15 is 0 Å². The minimum absolute atomic E-state index is 0.0116. The van der Waals surface area contributed by atoms with E-state index in [9.17, 15) is 9.59 Å². The predicted molar refractivity (Wildman–Crippen MR) is 101 cm³/mol. The van der Waals surface area contributed by atoms with Gasteiger partial charge in [-0.25, -0.2) is 0 Å². The van der Waals surface area contributed by atoms with Gasteiger partial charge >= 0.3 is 0 Å². The fourth-order valence-electron chi connectivity index (χ4n) is 2.42. The summed E-state index contributed by atoms with van der Waals surface area (Å²) in [6.07, 6.45) is 1.34. The van der Waals surface area contributed by atoms with E-state index in [0.29, 0.717) is 6.42 Å². The van der Waals surface area contributed by atoms with Gasteiger partial charge in [0, 0.05) is 17.8 Å². The molecule has 25 heavy (non-hydrogen) atoms. The van der Waals surface area contributed by atoms with Crippen molar-refractivity contribution >= 4 is 23.2 Å². The second-order valence-electron chi connectivity index (χ2n) is 5.93. The van der Waals surface area contributed by atoms with Crippen molar-refractivity contribution < 1.29 is 9.59 Å². The second-order valence-corrected chi connectivity index (χ2v) is 5.93. The van der Waals surface area contributed by atoms with Gasteiger partial charge in [0.2, 0.25) is 11.8 Å². The first-order chi connectivity index (χ1) is 12.1. The molecule has 0 spiro atoms. The summed E-state index contributed by atoms with van der Waals surface area (Å²) in [7, 11) is 0. The summed E-state index contributed by atoms with van der Waals surface area (Å²) in [5.74, 6) is -0.0610. The van der Waals surface area contributed by atoms with Gasteiger partial charge < -0.3 is 16.0 Å². The van der Waals surface area contributed by atoms with E-state index in [4.69, 9.17) is 0 Å². The summed E-state index contributed by atoms with van der Waals surface area (Å²) in [5, 5.41) is 8.87. The first-order valence-corrected chi connectivity index (χ1v) is 8.56. The molecule has 3 N–H and O–H groups in total. The van der Waals surface area contributed by atoms with Gasteiger partial charge in [0.15, 0.2) is 0 Å². The summed E-state index contributed by atoms with van der Waals surface area (Å²) in [6.45, 7) is 4.12. The molecule has 5 heteroatoms. The number of carbonyl (C=O) groups excluding carboxylic acids is 2. The summed E-state index contributed by atoms with van der Waals surface area (Å²) in [4.78, 5) is 23.6. The van der Waals surface area contributed by atoms with Gasteiger partial charge in [-0.2, -0.15) is 0 Å². The van der Waals surface area contributed by atoms with E-state index in [1.54, 1.807) is 0 Å². The fraction of sp³-hybridized carbons (Fsp3) is 0.300. The Bertz CT molecular complexity index is 684. The topological polar surface area (TPSA) is 70.2 Å². The number of nitrogens with one attached hydrogen (secondary N) is 3. The number of amides is 2. The Balaban J connectivity index is 1.78. The van der Waals surface area contributed by atoms with Gasteiger partial charge in [0.05, 0.1) is 12.6 Å². The van der Waals surface area contributed by atoms with Crippen molar-refractivity contribution in [3.05, 3.63) is 60.2 Å². The van der Waals surface area contributed by atoms with Crippen molar-refractivity contribution in [3.63, 3.8) is 0 Å². The molecule has 5 nitrogen and oxygen atoms in total. The summed E-state index contributed by atoms with van der Waals surface area (Å²) < 4.78 is 0. The molecule has 0 heterocycles. The molecule has 132 valence electrons. The molecular formula is C20H25N3O2. The van der Waals surface area contributed by atoms with Gasteiger partial charge in [-0.1, -0.05) is 37.3 Å². The van der Waals surface area contributed by atoms with Crippen molar-refractivity contribution in [1.29, 1.82) is 0 Å². The Hall–Kier alpha value is -2.82. The van der Waals surface area contributed by atoms with Crippen LogP contribution in [0.25, 0.3) is 0 Å². The van der Waals surface area contributed by atoms with E-state index in [2.05, 4.69) is 16.0 Å². The van der Waals surface area contributed by atoms with Crippen LogP contribution in [0.4, 0.5) is 11.4 Å². The van der Waals surface area contributed by atoms with Gasteiger partial charge in [0.25, 0.3) is 0 Å². The molecule has 0 aliphatic carbocycles. The maximum atomic E-state index is 12.1. The zero-order valence-electron chi connectivity index (χ0n) is 14.7. The first kappa shape index (κ1) is 18.5. The quantitative estimate of drug-likeness (QED) is 0.686. The second kappa shape index (κ2) is 9.47. The molecule has 0 aliphatic heterocycles. The number of benzene rings is 2. The molecule has 0 bridgehead atoms. The van der Waals surface area contributed by atoms with Crippen molar-refractivity contribution in [2.45, 2.75) is 32.7 Å². The van der Waals surface area contributed by atoms with Crippen LogP contribution in [0, 0.1) is 0 Å². The lowest BCUT2D eigenvalue weighted by Crippen LogP contribution is -2.32. The highest BCUT2D eigenvalue weighted by Crippen LogP contribution is 2.14. The third kappa shape index (κ3) is 6.30. The molecule has 0 saturated carbocycles. The minimum Gasteiger partial charge on any atom is -0.376 e. The number of carbonyl (C=O) groups is 2. The number of hydrogen-bond acceptors (Lipinski definition) is 3. The molecule has 0 saturated heterocycles. The zero-order chi connectivity index (χ0) is 18.1. The standard InChI is InChI=1S/C20H25N3O2/c1-3-7-19(24)23-18-12-10-17(11-13-18)21-14-20(25)22-15(2)16-8-5-4-6-9-16/h4-6,8-13,15,21H,3,7,14H2,1-2H3,(H,22,25)(H,23,24). The Morgan fingerprint density at radius 2 is 1.56 bits per heavy atom. The van der Waals surface area contributed by atoms with E-state index in [-0.39, 0.29) is 24.4 Å². The molecular weight excluding hydrogens is 314 g/mol. The Morgan fingerprint density at radius 1 is 0.920 bits per heavy atom. The van der Waals surface area contributed by atoms with Crippen molar-refractivity contribution in [2.75, 3.05) is 17.2 Å². The Labute approximate surface area is 148 Å². The Morgan fingerprint density at radius 3 is 2.20 bits per heavy atom. The highest BCUT2D eigenvalue weighted by Gasteiger charge is 2.09. The molecule has 2 aromatic carbocycles. The van der Waals surface area contributed by atoms with Crippen LogP contribution in [0.1, 0.15) is 38.3 Å². The van der Waals surface area contributed by atoms with Crippen molar-refractivity contribution in [2.24, 2.45) is 0 Å². The van der Waals surface area contributed by atoms with Crippen LogP contribution in [0.15, 0.2) is 54.6 Å². The molecule has 1 unspecified atom stereocenters. The van der Waals surface area contributed by atoms with Crippen LogP contribution in [0.5, 0.6) is 0 Å². The molecule has 0 aromatic heterocycles. The highest BCUT2D eigenvalue weighted by atomic mass is 16.2. The maximum absolute atomic E-state index is 12.1. The van der Waals surface area contributed by atoms with E-state index in [1.165, 1.54) is 0 Å². The lowest BCUT2D eigenvalue weighted by atomic mass is 10.1. The lowest BCUT2D eigenvalue weighted by molar-refractivity contribution is -0.120. The molecule has 2 amide bonds. The maximum Gasteiger partial charge on any atom is 0.239 e. The largest absolute Gasteiger partial charge is 0.376 e. The van der Waals surface area contributed by atoms with Crippen LogP contribution in [0.2, 0.25) is 0 Å². The average molecular weight is 339 g/mol. The average Bonchev–Trinajstić information content (AvgIpc) is 2.62. The van der Waals surface area contributed by atoms with Gasteiger partial charge in [-0.3, -0.25) is 9.59 Å². The van der Waals surface area contributed by atoms with E-state index in [1.807, 2.05) is 68.4 Å². The third-order valence-corrected chi connectivity index (χ3v) is 3.78. The number of anilines is 2. The summed E-state index contributed by atoms with van der Waals surface area (Å²) in [6, 6.07) is 17.1. The smallest absolute Gasteiger partial charge is 0.239 e. The molecule has 0 radical (unpaired) electrons. The van der Waals surface area contributed by atoms with Gasteiger partial charge in [0.1, 0.15) is 0 Å². The Kier molecular flexibility index (Phi) is 7.01. The SMILES string of the molecule is CCCC(=O)Nc1ccc(NCC(=O)NC(C)c2ccccc2)cc1. The number of hydrogen-bond donors (Lipinski definition) is 3. The first-order valence-electron chi connectivity index (χ1n) is 8.56. The summed E-state index contributed by atoms with van der Waals surface area (Å²) in [5.41, 5.74) is 2.66. The summed E-state index contributed by atoms with van der Waals surface area (Å²) >= 11 is 0. The predicted octanol–water partition coefficient (Wildman–Crippen LogP) is 3.71. The fourth-order valence-corrected chi connectivity index (χ4v) is 2.42. The lowest BCUT2D eigenvalue weighted by Gasteiger charge is -2.15. The molecule has 2 rings (SSSR count). The van der Waals surface area contributed by atoms with E-state index in [0.717, 1.165) is 23.4 Å². The van der Waals surface area contributed by atoms with Gasteiger partial charge in [-0.15, -0.1) is 0 Å². The van der Waals surface area contributed by atoms with Crippen molar-refractivity contribution in [3.8, 4) is 0 Å². The third-order valence-electron chi connectivity index (χ3n) is 3.78. The molecule has 0 aliphatic rings. The molecule has 1 atom stereocenters. The van der Waals surface area contributed by atoms with Crippen LogP contribution in [-0.4, -0.2) is 18.4 Å². The normalized spacial score (nSPS) is 11.4. The van der Waals surface area contributed by atoms with Crippen LogP contribution in [-0.2, 0) is 9.59 Å². The van der Waals surface area contributed by atoms with Crippen molar-refractivity contribution in [1.82, 2.24) is 5.32 Å². The number of rotatable bonds is 8.